The van der Waals surface area contributed by atoms with Gasteiger partial charge in [0, 0.05) is 28.1 Å². The molecular weight excluding hydrogens is 394 g/mol. The molecular formula is C21H20ClN3O4. The maximum atomic E-state index is 13.0. The van der Waals surface area contributed by atoms with Gasteiger partial charge in [0.2, 0.25) is 17.7 Å². The van der Waals surface area contributed by atoms with Crippen molar-refractivity contribution in [2.45, 2.75) is 30.5 Å². The van der Waals surface area contributed by atoms with Crippen LogP contribution in [0.25, 0.3) is 10.8 Å². The fraction of sp³-hybridized carbons (Fsp3) is 0.381. The van der Waals surface area contributed by atoms with Crippen LogP contribution in [0.2, 0.25) is 5.02 Å². The Morgan fingerprint density at radius 3 is 2.93 bits per heavy atom. The van der Waals surface area contributed by atoms with E-state index in [1.165, 1.54) is 0 Å². The van der Waals surface area contributed by atoms with Crippen molar-refractivity contribution in [1.82, 2.24) is 15.2 Å². The van der Waals surface area contributed by atoms with Crippen molar-refractivity contribution in [3.8, 4) is 11.6 Å². The van der Waals surface area contributed by atoms with Gasteiger partial charge in [-0.3, -0.25) is 9.59 Å². The van der Waals surface area contributed by atoms with Crippen molar-refractivity contribution < 1.29 is 19.1 Å². The van der Waals surface area contributed by atoms with Gasteiger partial charge in [0.1, 0.15) is 23.4 Å². The van der Waals surface area contributed by atoms with E-state index >= 15 is 0 Å². The smallest absolute Gasteiger partial charge is 0.249 e. The molecule has 8 heteroatoms. The first-order valence-electron chi connectivity index (χ1n) is 9.51. The number of carbonyl (C=O) groups is 2. The third-order valence-electron chi connectivity index (χ3n) is 6.13. The molecule has 150 valence electrons. The Morgan fingerprint density at radius 1 is 1.38 bits per heavy atom. The summed E-state index contributed by atoms with van der Waals surface area (Å²) in [6.07, 6.45) is 4.02. The zero-order chi connectivity index (χ0) is 20.3. The number of benzene rings is 1. The minimum absolute atomic E-state index is 0.00536. The lowest BCUT2D eigenvalue weighted by Gasteiger charge is -2.35. The quantitative estimate of drug-likeness (QED) is 0.778. The second kappa shape index (κ2) is 6.35. The molecule has 1 N–H and O–H groups in total. The lowest BCUT2D eigenvalue weighted by atomic mass is 10.0. The number of nitrogens with one attached hydrogen (secondary N) is 1. The monoisotopic (exact) mass is 413 g/mol. The summed E-state index contributed by atoms with van der Waals surface area (Å²) in [4.78, 5) is 31.7. The highest BCUT2D eigenvalue weighted by atomic mass is 35.5. The molecule has 7 nitrogen and oxygen atoms in total. The molecule has 1 aromatic carbocycles. The average Bonchev–Trinajstić information content (AvgIpc) is 3.24. The highest BCUT2D eigenvalue weighted by Crippen LogP contribution is 2.49. The van der Waals surface area contributed by atoms with Gasteiger partial charge in [0.25, 0.3) is 0 Å². The summed E-state index contributed by atoms with van der Waals surface area (Å²) in [5, 5.41) is 5.03. The number of methoxy groups -OCH3 is 1. The number of aromatic nitrogens is 1. The summed E-state index contributed by atoms with van der Waals surface area (Å²) in [5.74, 6) is 0.846. The van der Waals surface area contributed by atoms with E-state index in [1.54, 1.807) is 36.4 Å². The molecule has 2 amide bonds. The number of hydrogen-bond acceptors (Lipinski definition) is 5. The second-order valence-electron chi connectivity index (χ2n) is 7.78. The van der Waals surface area contributed by atoms with Gasteiger partial charge in [-0.05, 0) is 24.6 Å². The van der Waals surface area contributed by atoms with E-state index in [0.717, 1.165) is 10.8 Å². The van der Waals surface area contributed by atoms with E-state index < -0.39 is 11.6 Å². The van der Waals surface area contributed by atoms with Crippen LogP contribution in [0.4, 0.5) is 0 Å². The highest BCUT2D eigenvalue weighted by Gasteiger charge is 2.66. The Kier molecular flexibility index (Phi) is 4.00. The first-order chi connectivity index (χ1) is 14.0. The van der Waals surface area contributed by atoms with Crippen LogP contribution in [0.1, 0.15) is 12.8 Å². The highest BCUT2D eigenvalue weighted by molar-refractivity contribution is 6.31. The number of halogens is 1. The maximum absolute atomic E-state index is 13.0. The third kappa shape index (κ3) is 2.68. The number of nitrogens with zero attached hydrogens (tertiary/aromatic N) is 2. The van der Waals surface area contributed by atoms with Crippen LogP contribution in [0.3, 0.4) is 0 Å². The molecule has 0 bridgehead atoms. The molecule has 2 saturated heterocycles. The standard InChI is InChI=1S/C21H20ClN3O4/c1-3-11-8-21(11)20(27)25-10-13(7-16(25)18(26)24-21)29-19-15-6-12(22)4-5-14(15)17(28-2)9-23-19/h3-6,9,11,13,16H,1,7-8,10H2,2H3,(H,24,26)/t11-,13-,16+,21-/m1/s1. The predicted molar refractivity (Wildman–Crippen MR) is 107 cm³/mol. The predicted octanol–water partition coefficient (Wildman–Crippen LogP) is 2.32. The van der Waals surface area contributed by atoms with Gasteiger partial charge >= 0.3 is 0 Å². The average molecular weight is 414 g/mol. The maximum Gasteiger partial charge on any atom is 0.249 e. The Labute approximate surface area is 172 Å². The Balaban J connectivity index is 1.42. The van der Waals surface area contributed by atoms with Crippen LogP contribution in [-0.2, 0) is 9.59 Å². The number of carbonyl (C=O) groups excluding carboxylic acids is 2. The number of fused-ring (bicyclic) bond motifs is 2. The SMILES string of the molecule is C=C[C@@H]1C[C@@]12NC(=O)[C@@H]1C[C@@H](Oc3ncc(OC)c4ccc(Cl)cc34)CN1C2=O. The fourth-order valence-corrected chi connectivity index (χ4v) is 4.68. The molecule has 0 radical (unpaired) electrons. The molecule has 1 spiro atoms. The summed E-state index contributed by atoms with van der Waals surface area (Å²) in [6, 6.07) is 4.89. The molecule has 29 heavy (non-hydrogen) atoms. The first-order valence-corrected chi connectivity index (χ1v) is 9.89. The minimum Gasteiger partial charge on any atom is -0.494 e. The van der Waals surface area contributed by atoms with Gasteiger partial charge in [-0.15, -0.1) is 6.58 Å². The number of pyridine rings is 1. The second-order valence-corrected chi connectivity index (χ2v) is 8.21. The Bertz CT molecular complexity index is 1060. The van der Waals surface area contributed by atoms with Crippen molar-refractivity contribution in [3.05, 3.63) is 42.1 Å². The van der Waals surface area contributed by atoms with E-state index in [9.17, 15) is 9.59 Å². The van der Waals surface area contributed by atoms with E-state index in [-0.39, 0.29) is 23.8 Å². The number of piperazine rings is 1. The zero-order valence-corrected chi connectivity index (χ0v) is 16.6. The van der Waals surface area contributed by atoms with Gasteiger partial charge in [-0.2, -0.15) is 0 Å². The molecule has 3 heterocycles. The number of hydrogen-bond donors (Lipinski definition) is 1. The molecule has 3 fully saturated rings. The van der Waals surface area contributed by atoms with Crippen molar-refractivity contribution in [2.24, 2.45) is 5.92 Å². The third-order valence-corrected chi connectivity index (χ3v) is 6.36. The number of ether oxygens (including phenoxy) is 2. The van der Waals surface area contributed by atoms with Crippen LogP contribution >= 0.6 is 11.6 Å². The van der Waals surface area contributed by atoms with Gasteiger partial charge in [-0.1, -0.05) is 17.7 Å². The summed E-state index contributed by atoms with van der Waals surface area (Å²) < 4.78 is 11.5. The van der Waals surface area contributed by atoms with Crippen LogP contribution in [0.15, 0.2) is 37.1 Å². The number of amides is 2. The normalized spacial score (nSPS) is 30.3. The van der Waals surface area contributed by atoms with Gasteiger partial charge in [0.05, 0.1) is 19.9 Å². The van der Waals surface area contributed by atoms with Crippen molar-refractivity contribution >= 4 is 34.2 Å². The molecule has 5 rings (SSSR count). The van der Waals surface area contributed by atoms with Crippen LogP contribution in [-0.4, -0.2) is 53.0 Å². The van der Waals surface area contributed by atoms with Crippen LogP contribution in [0.5, 0.6) is 11.6 Å². The molecule has 3 aliphatic rings. The first kappa shape index (κ1) is 18.2. The summed E-state index contributed by atoms with van der Waals surface area (Å²) in [6.45, 7) is 4.11. The van der Waals surface area contributed by atoms with Crippen molar-refractivity contribution in [1.29, 1.82) is 0 Å². The lowest BCUT2D eigenvalue weighted by molar-refractivity contribution is -0.148. The van der Waals surface area contributed by atoms with Crippen LogP contribution in [0, 0.1) is 5.92 Å². The van der Waals surface area contributed by atoms with Crippen molar-refractivity contribution in [3.63, 3.8) is 0 Å². The van der Waals surface area contributed by atoms with E-state index in [4.69, 9.17) is 21.1 Å². The van der Waals surface area contributed by atoms with Crippen LogP contribution < -0.4 is 14.8 Å². The molecule has 2 aromatic rings. The van der Waals surface area contributed by atoms with Gasteiger partial charge < -0.3 is 19.7 Å². The fourth-order valence-electron chi connectivity index (χ4n) is 4.51. The summed E-state index contributed by atoms with van der Waals surface area (Å²) in [7, 11) is 1.58. The van der Waals surface area contributed by atoms with Crippen molar-refractivity contribution in [2.75, 3.05) is 13.7 Å². The lowest BCUT2D eigenvalue weighted by Crippen LogP contribution is -2.63. The molecule has 1 aliphatic carbocycles. The molecule has 1 aromatic heterocycles. The topological polar surface area (TPSA) is 80.8 Å². The molecule has 4 atom stereocenters. The zero-order valence-electron chi connectivity index (χ0n) is 15.9. The molecule has 0 unspecified atom stereocenters. The largest absolute Gasteiger partial charge is 0.494 e. The summed E-state index contributed by atoms with van der Waals surface area (Å²) in [5.41, 5.74) is -0.803. The minimum atomic E-state index is -0.803. The van der Waals surface area contributed by atoms with E-state index in [1.807, 2.05) is 6.07 Å². The molecule has 1 saturated carbocycles. The van der Waals surface area contributed by atoms with E-state index in [0.29, 0.717) is 36.0 Å². The van der Waals surface area contributed by atoms with E-state index in [2.05, 4.69) is 16.9 Å². The molecule has 2 aliphatic heterocycles. The van der Waals surface area contributed by atoms with Gasteiger partial charge in [0.15, 0.2) is 0 Å². The Hall–Kier alpha value is -2.80. The summed E-state index contributed by atoms with van der Waals surface area (Å²) >= 11 is 6.17. The van der Waals surface area contributed by atoms with Gasteiger partial charge in [-0.25, -0.2) is 4.98 Å². The Morgan fingerprint density at radius 2 is 2.21 bits per heavy atom. The number of rotatable bonds is 4.